The Balaban J connectivity index is 0.000000980. The van der Waals surface area contributed by atoms with Gasteiger partial charge in [-0.1, -0.05) is 6.07 Å². The fourth-order valence-electron chi connectivity index (χ4n) is 1.37. The number of nitrogens with two attached hydrogens (primary N) is 1. The summed E-state index contributed by atoms with van der Waals surface area (Å²) in [5.74, 6) is 0.0614. The van der Waals surface area contributed by atoms with Gasteiger partial charge in [0.25, 0.3) is 5.91 Å². The molecular weight excluding hydrogens is 267 g/mol. The molecule has 3 nitrogen and oxygen atoms in total. The van der Waals surface area contributed by atoms with Crippen LogP contribution in [0.3, 0.4) is 0 Å². The van der Waals surface area contributed by atoms with Crippen LogP contribution in [0.1, 0.15) is 34.8 Å². The van der Waals surface area contributed by atoms with Crippen LogP contribution in [0.5, 0.6) is 0 Å². The molecule has 1 aliphatic carbocycles. The van der Waals surface area contributed by atoms with Gasteiger partial charge in [-0.25, -0.2) is 4.98 Å². The third kappa shape index (κ3) is 2.25. The van der Waals surface area contributed by atoms with Gasteiger partial charge in [0.1, 0.15) is 10.3 Å². The summed E-state index contributed by atoms with van der Waals surface area (Å²) in [4.78, 5) is 15.1. The van der Waals surface area contributed by atoms with Crippen molar-refractivity contribution < 1.29 is 4.79 Å². The van der Waals surface area contributed by atoms with Crippen LogP contribution >= 0.6 is 28.3 Å². The van der Waals surface area contributed by atoms with Gasteiger partial charge in [0.15, 0.2) is 0 Å². The summed E-state index contributed by atoms with van der Waals surface area (Å²) in [5, 5.41) is 0. The number of hydrogen-bond donors (Lipinski definition) is 1. The number of primary amides is 1. The molecule has 0 atom stereocenters. The molecule has 76 valence electrons. The number of hydrogen-bond acceptors (Lipinski definition) is 2. The van der Waals surface area contributed by atoms with Crippen molar-refractivity contribution in [1.82, 2.24) is 4.98 Å². The van der Waals surface area contributed by atoms with E-state index in [4.69, 9.17) is 5.73 Å². The smallest absolute Gasteiger partial charge is 0.267 e. The summed E-state index contributed by atoms with van der Waals surface area (Å²) in [6.45, 7) is 0. The Morgan fingerprint density at radius 3 is 2.64 bits per heavy atom. The molecule has 1 fully saturated rings. The van der Waals surface area contributed by atoms with Crippen LogP contribution in [0.15, 0.2) is 16.7 Å². The first-order valence-electron chi connectivity index (χ1n) is 4.14. The minimum Gasteiger partial charge on any atom is -0.364 e. The van der Waals surface area contributed by atoms with E-state index in [1.165, 1.54) is 0 Å². The second kappa shape index (κ2) is 4.28. The van der Waals surface area contributed by atoms with E-state index in [1.807, 2.05) is 12.1 Å². The quantitative estimate of drug-likeness (QED) is 0.843. The fourth-order valence-corrected chi connectivity index (χ4v) is 1.68. The summed E-state index contributed by atoms with van der Waals surface area (Å²) in [5.41, 5.74) is 6.64. The number of carbonyl (C=O) groups excluding carboxylic acids is 1. The lowest BCUT2D eigenvalue weighted by Crippen LogP contribution is -2.15. The fraction of sp³-hybridized carbons (Fsp3) is 0.333. The van der Waals surface area contributed by atoms with Gasteiger partial charge in [0, 0.05) is 0 Å². The predicted octanol–water partition coefficient (Wildman–Crippen LogP) is 2.24. The van der Waals surface area contributed by atoms with Crippen LogP contribution in [0.2, 0.25) is 0 Å². The van der Waals surface area contributed by atoms with Crippen molar-refractivity contribution in [2.24, 2.45) is 5.73 Å². The molecule has 0 spiro atoms. The highest BCUT2D eigenvalue weighted by molar-refractivity contribution is 9.10. The Morgan fingerprint density at radius 1 is 1.50 bits per heavy atom. The number of amides is 1. The van der Waals surface area contributed by atoms with Gasteiger partial charge in [0.2, 0.25) is 0 Å². The Morgan fingerprint density at radius 2 is 2.14 bits per heavy atom. The molecule has 5 heteroatoms. The summed E-state index contributed by atoms with van der Waals surface area (Å²) in [6, 6.07) is 3.77. The van der Waals surface area contributed by atoms with Crippen molar-refractivity contribution in [2.45, 2.75) is 18.8 Å². The second-order valence-corrected chi connectivity index (χ2v) is 4.02. The molecule has 0 bridgehead atoms. The highest BCUT2D eigenvalue weighted by Crippen LogP contribution is 2.41. The molecule has 0 aliphatic heterocycles. The lowest BCUT2D eigenvalue weighted by Gasteiger charge is -2.03. The normalized spacial score (nSPS) is 14.6. The van der Waals surface area contributed by atoms with Crippen LogP contribution in [-0.4, -0.2) is 10.9 Å². The molecule has 1 aromatic heterocycles. The van der Waals surface area contributed by atoms with E-state index in [0.717, 1.165) is 18.4 Å². The Hall–Kier alpha value is -0.610. The van der Waals surface area contributed by atoms with Gasteiger partial charge in [0.05, 0.1) is 0 Å². The number of aromatic nitrogens is 1. The van der Waals surface area contributed by atoms with Crippen LogP contribution in [-0.2, 0) is 0 Å². The van der Waals surface area contributed by atoms with E-state index in [1.54, 1.807) is 0 Å². The number of carbonyl (C=O) groups is 1. The topological polar surface area (TPSA) is 56.0 Å². The van der Waals surface area contributed by atoms with Crippen LogP contribution in [0.4, 0.5) is 0 Å². The minimum absolute atomic E-state index is 0. The zero-order valence-corrected chi connectivity index (χ0v) is 9.77. The molecule has 14 heavy (non-hydrogen) atoms. The molecule has 1 aromatic rings. The van der Waals surface area contributed by atoms with Gasteiger partial charge in [-0.05, 0) is 46.3 Å². The first-order chi connectivity index (χ1) is 6.18. The second-order valence-electron chi connectivity index (χ2n) is 3.21. The van der Waals surface area contributed by atoms with E-state index >= 15 is 0 Å². The van der Waals surface area contributed by atoms with Crippen molar-refractivity contribution >= 4 is 34.2 Å². The summed E-state index contributed by atoms with van der Waals surface area (Å²) in [6.07, 6.45) is 2.28. The van der Waals surface area contributed by atoms with Crippen molar-refractivity contribution in [3.05, 3.63) is 28.0 Å². The highest BCUT2D eigenvalue weighted by Gasteiger charge is 2.28. The first-order valence-corrected chi connectivity index (χ1v) is 4.94. The number of rotatable bonds is 2. The number of nitrogens with zero attached hydrogens (tertiary/aromatic N) is 1. The summed E-state index contributed by atoms with van der Waals surface area (Å²) in [7, 11) is 0. The summed E-state index contributed by atoms with van der Waals surface area (Å²) >= 11 is 3.22. The zero-order valence-electron chi connectivity index (χ0n) is 7.37. The number of pyridine rings is 1. The van der Waals surface area contributed by atoms with E-state index in [-0.39, 0.29) is 12.4 Å². The molecule has 0 aromatic carbocycles. The molecule has 0 radical (unpaired) electrons. The van der Waals surface area contributed by atoms with E-state index in [2.05, 4.69) is 20.9 Å². The van der Waals surface area contributed by atoms with Crippen LogP contribution in [0.25, 0.3) is 0 Å². The number of halogens is 2. The third-order valence-electron chi connectivity index (χ3n) is 2.14. The van der Waals surface area contributed by atoms with Crippen molar-refractivity contribution in [3.8, 4) is 0 Å². The Labute approximate surface area is 96.6 Å². The lowest BCUT2D eigenvalue weighted by molar-refractivity contribution is 0.0994. The molecular formula is C9H10BrClN2O. The molecule has 2 N–H and O–H groups in total. The Kier molecular flexibility index (Phi) is 3.50. The third-order valence-corrected chi connectivity index (χ3v) is 2.58. The molecule has 1 aliphatic rings. The lowest BCUT2D eigenvalue weighted by atomic mass is 10.1. The Bertz CT molecular complexity index is 366. The summed E-state index contributed by atoms with van der Waals surface area (Å²) < 4.78 is 0.658. The van der Waals surface area contributed by atoms with Gasteiger partial charge < -0.3 is 5.73 Å². The molecule has 1 amide bonds. The largest absolute Gasteiger partial charge is 0.364 e. The van der Waals surface area contributed by atoms with E-state index < -0.39 is 5.91 Å². The SMILES string of the molecule is Cl.NC(=O)c1nc(Br)ccc1C1CC1. The molecule has 2 rings (SSSR count). The minimum atomic E-state index is -0.441. The standard InChI is InChI=1S/C9H9BrN2O.ClH/c10-7-4-3-6(5-1-2-5)8(12-7)9(11)13;/h3-5H,1-2H2,(H2,11,13);1H. The molecule has 0 saturated heterocycles. The maximum atomic E-state index is 11.0. The predicted molar refractivity (Wildman–Crippen MR) is 59.7 cm³/mol. The monoisotopic (exact) mass is 276 g/mol. The molecule has 1 heterocycles. The average molecular weight is 278 g/mol. The average Bonchev–Trinajstić information content (AvgIpc) is 2.87. The van der Waals surface area contributed by atoms with Gasteiger partial charge in [-0.3, -0.25) is 4.79 Å². The first kappa shape index (κ1) is 11.5. The molecule has 0 unspecified atom stereocenters. The van der Waals surface area contributed by atoms with Crippen LogP contribution < -0.4 is 5.73 Å². The zero-order chi connectivity index (χ0) is 9.42. The maximum absolute atomic E-state index is 11.0. The van der Waals surface area contributed by atoms with Gasteiger partial charge in [-0.15, -0.1) is 12.4 Å². The van der Waals surface area contributed by atoms with Crippen LogP contribution in [0, 0.1) is 0 Å². The van der Waals surface area contributed by atoms with E-state index in [9.17, 15) is 4.79 Å². The maximum Gasteiger partial charge on any atom is 0.267 e. The van der Waals surface area contributed by atoms with Crippen molar-refractivity contribution in [3.63, 3.8) is 0 Å². The van der Waals surface area contributed by atoms with Gasteiger partial charge >= 0.3 is 0 Å². The van der Waals surface area contributed by atoms with Crippen molar-refractivity contribution in [2.75, 3.05) is 0 Å². The highest BCUT2D eigenvalue weighted by atomic mass is 79.9. The van der Waals surface area contributed by atoms with E-state index in [0.29, 0.717) is 16.2 Å². The molecule has 1 saturated carbocycles. The van der Waals surface area contributed by atoms with Crippen molar-refractivity contribution in [1.29, 1.82) is 0 Å². The van der Waals surface area contributed by atoms with Gasteiger partial charge in [-0.2, -0.15) is 0 Å².